The molecule has 1 aromatic rings. The molecule has 2 rings (SSSR count). The highest BCUT2D eigenvalue weighted by atomic mass is 32.2. The van der Waals surface area contributed by atoms with Crippen molar-refractivity contribution in [2.45, 2.75) is 32.2 Å². The Morgan fingerprint density at radius 1 is 1.38 bits per heavy atom. The molecule has 132 valence electrons. The van der Waals surface area contributed by atoms with E-state index in [-0.39, 0.29) is 23.3 Å². The summed E-state index contributed by atoms with van der Waals surface area (Å²) < 4.78 is 36.2. The van der Waals surface area contributed by atoms with Gasteiger partial charge < -0.3 is 10.4 Å². The smallest absolute Gasteiger partial charge is 0.330 e. The van der Waals surface area contributed by atoms with Crippen LogP contribution in [0.4, 0.5) is 4.39 Å². The Bertz CT molecular complexity index is 771. The van der Waals surface area contributed by atoms with Crippen molar-refractivity contribution in [3.8, 4) is 0 Å². The van der Waals surface area contributed by atoms with Crippen molar-refractivity contribution < 1.29 is 27.5 Å². The van der Waals surface area contributed by atoms with E-state index in [1.54, 1.807) is 0 Å². The molecule has 1 amide bonds. The molecular formula is C16H20FNO5S. The number of hydrogen-bond donors (Lipinski definition) is 2. The number of nitrogens with one attached hydrogen (secondary N) is 1. The molecule has 0 radical (unpaired) electrons. The number of aliphatic carboxylic acids is 1. The normalized spacial score (nSPS) is 17.1. The van der Waals surface area contributed by atoms with Crippen molar-refractivity contribution in [3.05, 3.63) is 35.1 Å². The molecule has 0 saturated heterocycles. The third kappa shape index (κ3) is 4.77. The standard InChI is InChI=1S/C16H20FNO5S/c1-10-7-11(3-4-12(10)17)14(15(20)21)18-13(19)8-16(5-6-16)9-24(2,22)23/h3-4,7,14H,5-6,8-9H2,1-2H3,(H,18,19)(H,20,21). The van der Waals surface area contributed by atoms with Gasteiger partial charge in [-0.25, -0.2) is 17.6 Å². The second kappa shape index (κ2) is 6.51. The van der Waals surface area contributed by atoms with E-state index in [0.29, 0.717) is 12.8 Å². The third-order valence-electron chi connectivity index (χ3n) is 4.13. The number of carboxylic acids is 1. The SMILES string of the molecule is Cc1cc(C(NC(=O)CC2(CS(C)(=O)=O)CC2)C(=O)O)ccc1F. The molecule has 1 unspecified atom stereocenters. The summed E-state index contributed by atoms with van der Waals surface area (Å²) in [6.45, 7) is 1.50. The monoisotopic (exact) mass is 357 g/mol. The minimum atomic E-state index is -3.21. The molecule has 0 aromatic heterocycles. The van der Waals surface area contributed by atoms with Crippen LogP contribution in [-0.2, 0) is 19.4 Å². The van der Waals surface area contributed by atoms with Gasteiger partial charge in [-0.05, 0) is 42.4 Å². The molecule has 1 saturated carbocycles. The molecular weight excluding hydrogens is 337 g/mol. The van der Waals surface area contributed by atoms with Crippen molar-refractivity contribution in [3.63, 3.8) is 0 Å². The average molecular weight is 357 g/mol. The lowest BCUT2D eigenvalue weighted by Crippen LogP contribution is -2.36. The van der Waals surface area contributed by atoms with Crippen LogP contribution in [0.5, 0.6) is 0 Å². The first-order chi connectivity index (χ1) is 11.0. The Morgan fingerprint density at radius 2 is 2.00 bits per heavy atom. The van der Waals surface area contributed by atoms with Gasteiger partial charge in [0.15, 0.2) is 6.04 Å². The summed E-state index contributed by atoms with van der Waals surface area (Å²) in [5.74, 6) is -2.33. The van der Waals surface area contributed by atoms with Crippen LogP contribution in [0.3, 0.4) is 0 Å². The fourth-order valence-corrected chi connectivity index (χ4v) is 4.30. The lowest BCUT2D eigenvalue weighted by molar-refractivity contribution is -0.142. The number of hydrogen-bond acceptors (Lipinski definition) is 4. The lowest BCUT2D eigenvalue weighted by Gasteiger charge is -2.18. The Hall–Kier alpha value is -1.96. The molecule has 1 aliphatic rings. The molecule has 1 aromatic carbocycles. The number of halogens is 1. The topological polar surface area (TPSA) is 101 Å². The highest BCUT2D eigenvalue weighted by Crippen LogP contribution is 2.49. The van der Waals surface area contributed by atoms with Gasteiger partial charge in [-0.3, -0.25) is 4.79 Å². The second-order valence-corrected chi connectivity index (χ2v) is 8.73. The number of amides is 1. The number of carbonyl (C=O) groups excluding carboxylic acids is 1. The maximum absolute atomic E-state index is 13.3. The predicted octanol–water partition coefficient (Wildman–Crippen LogP) is 1.59. The molecule has 0 heterocycles. The third-order valence-corrected chi connectivity index (χ3v) is 5.27. The highest BCUT2D eigenvalue weighted by molar-refractivity contribution is 7.90. The van der Waals surface area contributed by atoms with Crippen LogP contribution >= 0.6 is 0 Å². The molecule has 1 aliphatic carbocycles. The van der Waals surface area contributed by atoms with Crippen molar-refractivity contribution >= 4 is 21.7 Å². The summed E-state index contributed by atoms with van der Waals surface area (Å²) in [6, 6.07) is 2.53. The van der Waals surface area contributed by atoms with Crippen LogP contribution in [-0.4, -0.2) is 37.4 Å². The average Bonchev–Trinajstić information content (AvgIpc) is 3.15. The van der Waals surface area contributed by atoms with Gasteiger partial charge >= 0.3 is 5.97 Å². The zero-order valence-electron chi connectivity index (χ0n) is 13.5. The van der Waals surface area contributed by atoms with E-state index in [2.05, 4.69) is 5.32 Å². The molecule has 0 spiro atoms. The van der Waals surface area contributed by atoms with E-state index in [1.807, 2.05) is 0 Å². The fourth-order valence-electron chi connectivity index (χ4n) is 2.79. The summed E-state index contributed by atoms with van der Waals surface area (Å²) >= 11 is 0. The summed E-state index contributed by atoms with van der Waals surface area (Å²) in [7, 11) is -3.21. The summed E-state index contributed by atoms with van der Waals surface area (Å²) in [4.78, 5) is 23.6. The van der Waals surface area contributed by atoms with Gasteiger partial charge in [0.25, 0.3) is 0 Å². The van der Waals surface area contributed by atoms with Crippen molar-refractivity contribution in [1.82, 2.24) is 5.32 Å². The van der Waals surface area contributed by atoms with Crippen LogP contribution in [0.1, 0.15) is 36.4 Å². The van der Waals surface area contributed by atoms with E-state index < -0.39 is 39.0 Å². The van der Waals surface area contributed by atoms with E-state index in [0.717, 1.165) is 12.3 Å². The number of sulfone groups is 1. The highest BCUT2D eigenvalue weighted by Gasteiger charge is 2.47. The summed E-state index contributed by atoms with van der Waals surface area (Å²) in [6.07, 6.45) is 2.33. The van der Waals surface area contributed by atoms with Crippen LogP contribution < -0.4 is 5.32 Å². The predicted molar refractivity (Wildman–Crippen MR) is 85.7 cm³/mol. The quantitative estimate of drug-likeness (QED) is 0.772. The summed E-state index contributed by atoms with van der Waals surface area (Å²) in [5.41, 5.74) is -0.0363. The molecule has 1 fully saturated rings. The van der Waals surface area contributed by atoms with E-state index >= 15 is 0 Å². The van der Waals surface area contributed by atoms with Crippen molar-refractivity contribution in [1.29, 1.82) is 0 Å². The van der Waals surface area contributed by atoms with Crippen LogP contribution in [0.2, 0.25) is 0 Å². The fraction of sp³-hybridized carbons (Fsp3) is 0.500. The first-order valence-corrected chi connectivity index (χ1v) is 9.53. The van der Waals surface area contributed by atoms with Gasteiger partial charge in [-0.2, -0.15) is 0 Å². The molecule has 6 nitrogen and oxygen atoms in total. The van der Waals surface area contributed by atoms with Gasteiger partial charge in [0.05, 0.1) is 5.75 Å². The summed E-state index contributed by atoms with van der Waals surface area (Å²) in [5, 5.41) is 11.7. The molecule has 24 heavy (non-hydrogen) atoms. The van der Waals surface area contributed by atoms with E-state index in [1.165, 1.54) is 19.1 Å². The van der Waals surface area contributed by atoms with Gasteiger partial charge in [0.1, 0.15) is 15.7 Å². The molecule has 0 aliphatic heterocycles. The van der Waals surface area contributed by atoms with Gasteiger partial charge in [0, 0.05) is 12.7 Å². The van der Waals surface area contributed by atoms with Gasteiger partial charge in [0.2, 0.25) is 5.91 Å². The number of benzene rings is 1. The lowest BCUT2D eigenvalue weighted by atomic mass is 10.0. The largest absolute Gasteiger partial charge is 0.479 e. The Morgan fingerprint density at radius 3 is 2.46 bits per heavy atom. The number of carboxylic acid groups (broad SMARTS) is 1. The van der Waals surface area contributed by atoms with Crippen LogP contribution in [0.15, 0.2) is 18.2 Å². The van der Waals surface area contributed by atoms with Gasteiger partial charge in [-0.15, -0.1) is 0 Å². The Balaban J connectivity index is 2.09. The second-order valence-electron chi connectivity index (χ2n) is 6.59. The maximum atomic E-state index is 13.3. The molecule has 2 N–H and O–H groups in total. The van der Waals surface area contributed by atoms with Crippen molar-refractivity contribution in [2.24, 2.45) is 5.41 Å². The number of aryl methyl sites for hydroxylation is 1. The molecule has 0 bridgehead atoms. The minimum Gasteiger partial charge on any atom is -0.479 e. The van der Waals surface area contributed by atoms with Crippen LogP contribution in [0.25, 0.3) is 0 Å². The van der Waals surface area contributed by atoms with Crippen molar-refractivity contribution in [2.75, 3.05) is 12.0 Å². The van der Waals surface area contributed by atoms with Gasteiger partial charge in [-0.1, -0.05) is 12.1 Å². The van der Waals surface area contributed by atoms with E-state index in [4.69, 9.17) is 0 Å². The first kappa shape index (κ1) is 18.4. The Kier molecular flexibility index (Phi) is 4.98. The zero-order valence-corrected chi connectivity index (χ0v) is 14.3. The van der Waals surface area contributed by atoms with Crippen LogP contribution in [0, 0.1) is 18.2 Å². The molecule has 8 heteroatoms. The number of rotatable bonds is 7. The number of carbonyl (C=O) groups is 2. The minimum absolute atomic E-state index is 0.0377. The zero-order chi connectivity index (χ0) is 18.1. The maximum Gasteiger partial charge on any atom is 0.330 e. The molecule has 1 atom stereocenters. The first-order valence-electron chi connectivity index (χ1n) is 7.47. The Labute approximate surface area is 140 Å². The van der Waals surface area contributed by atoms with E-state index in [9.17, 15) is 27.5 Å².